The predicted molar refractivity (Wildman–Crippen MR) is 90.5 cm³/mol. The molecule has 7 nitrogen and oxygen atoms in total. The van der Waals surface area contributed by atoms with E-state index in [0.29, 0.717) is 19.5 Å². The molecule has 1 aliphatic rings. The van der Waals surface area contributed by atoms with Gasteiger partial charge in [-0.05, 0) is 30.7 Å². The van der Waals surface area contributed by atoms with Crippen molar-refractivity contribution < 1.29 is 18.0 Å². The van der Waals surface area contributed by atoms with Crippen LogP contribution in [0.2, 0.25) is 0 Å². The first kappa shape index (κ1) is 17.1. The molecular formula is C17H17N3O4S. The van der Waals surface area contributed by atoms with E-state index in [2.05, 4.69) is 4.98 Å². The van der Waals surface area contributed by atoms with Gasteiger partial charge in [0.15, 0.2) is 9.84 Å². The van der Waals surface area contributed by atoms with E-state index < -0.39 is 15.7 Å². The van der Waals surface area contributed by atoms with Crippen LogP contribution in [0.25, 0.3) is 0 Å². The standard InChI is InChI=1S/C17H17N3O4S/c1-25(23,24)15-9-3-2-7-13(15)16(21)19-11-6-12-20(19)17(22)14-8-4-5-10-18-14/h2-5,7-10H,6,11-12H2,1H3. The van der Waals surface area contributed by atoms with Gasteiger partial charge in [0.05, 0.1) is 10.5 Å². The van der Waals surface area contributed by atoms with Crippen LogP contribution in [0.3, 0.4) is 0 Å². The van der Waals surface area contributed by atoms with Gasteiger partial charge in [0.1, 0.15) is 5.69 Å². The van der Waals surface area contributed by atoms with Gasteiger partial charge in [-0.25, -0.2) is 18.4 Å². The van der Waals surface area contributed by atoms with Gasteiger partial charge in [-0.1, -0.05) is 18.2 Å². The molecule has 0 spiro atoms. The van der Waals surface area contributed by atoms with Gasteiger partial charge in [-0.15, -0.1) is 0 Å². The van der Waals surface area contributed by atoms with Gasteiger partial charge < -0.3 is 0 Å². The number of rotatable bonds is 3. The summed E-state index contributed by atoms with van der Waals surface area (Å²) in [6.07, 6.45) is 3.18. The van der Waals surface area contributed by atoms with E-state index in [1.54, 1.807) is 30.3 Å². The maximum absolute atomic E-state index is 12.9. The molecule has 1 aliphatic heterocycles. The van der Waals surface area contributed by atoms with Crippen molar-refractivity contribution in [1.82, 2.24) is 15.0 Å². The second kappa shape index (κ2) is 6.64. The molecule has 0 saturated carbocycles. The van der Waals surface area contributed by atoms with Crippen molar-refractivity contribution >= 4 is 21.7 Å². The fourth-order valence-electron chi connectivity index (χ4n) is 2.76. The molecule has 1 saturated heterocycles. The minimum absolute atomic E-state index is 0.0443. The van der Waals surface area contributed by atoms with Crippen LogP contribution >= 0.6 is 0 Å². The molecule has 1 fully saturated rings. The quantitative estimate of drug-likeness (QED) is 0.826. The first-order valence-corrected chi connectivity index (χ1v) is 9.62. The van der Waals surface area contributed by atoms with Gasteiger partial charge >= 0.3 is 0 Å². The summed E-state index contributed by atoms with van der Waals surface area (Å²) in [7, 11) is -3.56. The van der Waals surface area contributed by atoms with Crippen LogP contribution in [0.1, 0.15) is 27.3 Å². The largest absolute Gasteiger partial charge is 0.291 e. The molecule has 130 valence electrons. The summed E-state index contributed by atoms with van der Waals surface area (Å²) < 4.78 is 23.9. The van der Waals surface area contributed by atoms with Crippen molar-refractivity contribution in [2.75, 3.05) is 19.3 Å². The first-order chi connectivity index (χ1) is 11.9. The Labute approximate surface area is 145 Å². The minimum atomic E-state index is -3.56. The summed E-state index contributed by atoms with van der Waals surface area (Å²) in [6, 6.07) is 11.0. The Morgan fingerprint density at radius 3 is 2.24 bits per heavy atom. The third-order valence-electron chi connectivity index (χ3n) is 3.90. The lowest BCUT2D eigenvalue weighted by atomic mass is 10.2. The highest BCUT2D eigenvalue weighted by atomic mass is 32.2. The smallest absolute Gasteiger partial charge is 0.267 e. The highest BCUT2D eigenvalue weighted by Gasteiger charge is 2.34. The SMILES string of the molecule is CS(=O)(=O)c1ccccc1C(=O)N1CCCN1C(=O)c1ccccn1. The summed E-state index contributed by atoms with van der Waals surface area (Å²) in [5.41, 5.74) is 0.296. The monoisotopic (exact) mass is 359 g/mol. The van der Waals surface area contributed by atoms with Crippen LogP contribution in [0.15, 0.2) is 53.6 Å². The van der Waals surface area contributed by atoms with Gasteiger partial charge in [0.2, 0.25) is 0 Å². The van der Waals surface area contributed by atoms with Crippen molar-refractivity contribution in [3.05, 3.63) is 59.9 Å². The fraction of sp³-hybridized carbons (Fsp3) is 0.235. The molecule has 2 aromatic rings. The molecular weight excluding hydrogens is 342 g/mol. The molecule has 8 heteroatoms. The maximum Gasteiger partial charge on any atom is 0.291 e. The van der Waals surface area contributed by atoms with Crippen LogP contribution < -0.4 is 0 Å². The number of amides is 2. The van der Waals surface area contributed by atoms with E-state index in [1.165, 1.54) is 28.3 Å². The number of nitrogens with zero attached hydrogens (tertiary/aromatic N) is 3. The van der Waals surface area contributed by atoms with Crippen molar-refractivity contribution in [1.29, 1.82) is 0 Å². The van der Waals surface area contributed by atoms with Gasteiger partial charge in [0, 0.05) is 25.5 Å². The predicted octanol–water partition coefficient (Wildman–Crippen LogP) is 1.39. The van der Waals surface area contributed by atoms with Gasteiger partial charge in [-0.3, -0.25) is 14.6 Å². The Bertz CT molecular complexity index is 913. The fourth-order valence-corrected chi connectivity index (χ4v) is 3.64. The topological polar surface area (TPSA) is 87.7 Å². The number of hydrogen-bond acceptors (Lipinski definition) is 5. The average molecular weight is 359 g/mol. The molecule has 1 aromatic carbocycles. The summed E-state index contributed by atoms with van der Waals surface area (Å²) in [5.74, 6) is -0.897. The average Bonchev–Trinajstić information content (AvgIpc) is 3.10. The Morgan fingerprint density at radius 2 is 1.60 bits per heavy atom. The summed E-state index contributed by atoms with van der Waals surface area (Å²) >= 11 is 0. The van der Waals surface area contributed by atoms with E-state index in [-0.39, 0.29) is 22.1 Å². The van der Waals surface area contributed by atoms with Gasteiger partial charge in [0.25, 0.3) is 11.8 Å². The first-order valence-electron chi connectivity index (χ1n) is 7.73. The zero-order valence-corrected chi connectivity index (χ0v) is 14.4. The van der Waals surface area contributed by atoms with E-state index in [1.807, 2.05) is 0 Å². The highest BCUT2D eigenvalue weighted by molar-refractivity contribution is 7.90. The van der Waals surface area contributed by atoms with Crippen LogP contribution in [0.4, 0.5) is 0 Å². The summed E-state index contributed by atoms with van der Waals surface area (Å²) in [5, 5.41) is 2.62. The Morgan fingerprint density at radius 1 is 0.960 bits per heavy atom. The molecule has 0 atom stereocenters. The molecule has 3 rings (SSSR count). The molecule has 0 aliphatic carbocycles. The van der Waals surface area contributed by atoms with Crippen LogP contribution in [0.5, 0.6) is 0 Å². The Balaban J connectivity index is 1.94. The molecule has 0 bridgehead atoms. The van der Waals surface area contributed by atoms with Crippen molar-refractivity contribution in [2.24, 2.45) is 0 Å². The minimum Gasteiger partial charge on any atom is -0.267 e. The van der Waals surface area contributed by atoms with Crippen LogP contribution in [-0.4, -0.2) is 54.6 Å². The number of carbonyl (C=O) groups excluding carboxylic acids is 2. The van der Waals surface area contributed by atoms with E-state index in [4.69, 9.17) is 0 Å². The third kappa shape index (κ3) is 3.39. The lowest BCUT2D eigenvalue weighted by molar-refractivity contribution is 0.0180. The molecule has 0 unspecified atom stereocenters. The van der Waals surface area contributed by atoms with Crippen molar-refractivity contribution in [3.8, 4) is 0 Å². The van der Waals surface area contributed by atoms with E-state index in [0.717, 1.165) is 6.26 Å². The van der Waals surface area contributed by atoms with Crippen LogP contribution in [-0.2, 0) is 9.84 Å². The van der Waals surface area contributed by atoms with Gasteiger partial charge in [-0.2, -0.15) is 0 Å². The van der Waals surface area contributed by atoms with Crippen LogP contribution in [0, 0.1) is 0 Å². The second-order valence-electron chi connectivity index (χ2n) is 5.69. The number of carbonyl (C=O) groups is 2. The zero-order valence-electron chi connectivity index (χ0n) is 13.6. The van der Waals surface area contributed by atoms with E-state index in [9.17, 15) is 18.0 Å². The number of hydrogen-bond donors (Lipinski definition) is 0. The lowest BCUT2D eigenvalue weighted by Gasteiger charge is -2.28. The number of benzene rings is 1. The number of sulfone groups is 1. The molecule has 0 N–H and O–H groups in total. The summed E-state index contributed by atoms with van der Waals surface area (Å²) in [6.45, 7) is 0.720. The summed E-state index contributed by atoms with van der Waals surface area (Å²) in [4.78, 5) is 29.5. The molecule has 2 heterocycles. The Hall–Kier alpha value is -2.74. The number of hydrazine groups is 1. The second-order valence-corrected chi connectivity index (χ2v) is 7.68. The molecule has 2 amide bonds. The molecule has 1 aromatic heterocycles. The third-order valence-corrected chi connectivity index (χ3v) is 5.06. The van der Waals surface area contributed by atoms with Crippen molar-refractivity contribution in [2.45, 2.75) is 11.3 Å². The molecule has 0 radical (unpaired) electrons. The molecule has 25 heavy (non-hydrogen) atoms. The van der Waals surface area contributed by atoms with E-state index >= 15 is 0 Å². The number of pyridine rings is 1. The Kier molecular flexibility index (Phi) is 4.54. The normalized spacial score (nSPS) is 14.6. The lowest BCUT2D eigenvalue weighted by Crippen LogP contribution is -2.45. The maximum atomic E-state index is 12.9. The number of aromatic nitrogens is 1. The zero-order chi connectivity index (χ0) is 18.0. The highest BCUT2D eigenvalue weighted by Crippen LogP contribution is 2.22. The van der Waals surface area contributed by atoms with Crippen molar-refractivity contribution in [3.63, 3.8) is 0 Å².